The van der Waals surface area contributed by atoms with Gasteiger partial charge in [0, 0.05) is 54.8 Å². The number of para-hydroxylation sites is 5. The Labute approximate surface area is 316 Å². The molecule has 5 heteroatoms. The minimum atomic E-state index is 0.582. The van der Waals surface area contributed by atoms with Crippen LogP contribution in [0.3, 0.4) is 0 Å². The molecule has 0 bridgehead atoms. The van der Waals surface area contributed by atoms with Gasteiger partial charge in [0.15, 0.2) is 0 Å². The summed E-state index contributed by atoms with van der Waals surface area (Å²) in [4.78, 5) is 0. The van der Waals surface area contributed by atoms with Gasteiger partial charge in [-0.3, -0.25) is 0 Å². The minimum Gasteiger partial charge on any atom is -0.309 e. The molecule has 254 valence electrons. The summed E-state index contributed by atoms with van der Waals surface area (Å²) in [5, 5.41) is 27.2. The summed E-state index contributed by atoms with van der Waals surface area (Å²) in [6.45, 7) is 0. The fraction of sp³-hybridized carbons (Fsp3) is 0. The second kappa shape index (κ2) is 11.8. The van der Waals surface area contributed by atoms with Gasteiger partial charge in [0.1, 0.15) is 0 Å². The molecule has 0 saturated heterocycles. The highest BCUT2D eigenvalue weighted by atomic mass is 15.0. The molecule has 0 aliphatic carbocycles. The molecule has 0 aliphatic rings. The summed E-state index contributed by atoms with van der Waals surface area (Å²) in [5.41, 5.74) is 12.6. The molecule has 55 heavy (non-hydrogen) atoms. The van der Waals surface area contributed by atoms with Crippen molar-refractivity contribution in [1.82, 2.24) is 13.7 Å². The number of nitriles is 2. The molecule has 0 unspecified atom stereocenters. The number of aromatic nitrogens is 3. The van der Waals surface area contributed by atoms with Crippen LogP contribution in [0.2, 0.25) is 0 Å². The highest BCUT2D eigenvalue weighted by Crippen LogP contribution is 2.40. The van der Waals surface area contributed by atoms with Crippen LogP contribution < -0.4 is 0 Å². The van der Waals surface area contributed by atoms with Crippen molar-refractivity contribution in [3.63, 3.8) is 0 Å². The molecule has 8 aromatic carbocycles. The maximum atomic E-state index is 10.7. The van der Waals surface area contributed by atoms with E-state index in [1.807, 2.05) is 42.5 Å². The fourth-order valence-electron chi connectivity index (χ4n) is 8.78. The number of hydrogen-bond acceptors (Lipinski definition) is 2. The predicted molar refractivity (Wildman–Crippen MR) is 224 cm³/mol. The van der Waals surface area contributed by atoms with E-state index in [1.165, 1.54) is 21.8 Å². The van der Waals surface area contributed by atoms with E-state index in [0.717, 1.165) is 71.8 Å². The summed E-state index contributed by atoms with van der Waals surface area (Å²) in [6, 6.07) is 65.9. The Hall–Kier alpha value is -7.86. The molecule has 5 nitrogen and oxygen atoms in total. The summed E-state index contributed by atoms with van der Waals surface area (Å²) >= 11 is 0. The molecule has 11 aromatic rings. The number of hydrogen-bond donors (Lipinski definition) is 0. The summed E-state index contributed by atoms with van der Waals surface area (Å²) < 4.78 is 6.89. The molecule has 0 atom stereocenters. The first kappa shape index (κ1) is 30.7. The lowest BCUT2D eigenvalue weighted by molar-refractivity contribution is 1.16. The van der Waals surface area contributed by atoms with E-state index in [2.05, 4.69) is 159 Å². The van der Waals surface area contributed by atoms with Crippen LogP contribution in [-0.2, 0) is 0 Å². The molecule has 0 radical (unpaired) electrons. The van der Waals surface area contributed by atoms with Gasteiger partial charge in [-0.25, -0.2) is 0 Å². The van der Waals surface area contributed by atoms with Gasteiger partial charge in [-0.2, -0.15) is 10.5 Å². The summed E-state index contributed by atoms with van der Waals surface area (Å²) in [6.07, 6.45) is 0. The van der Waals surface area contributed by atoms with Crippen molar-refractivity contribution < 1.29 is 0 Å². The maximum absolute atomic E-state index is 10.7. The van der Waals surface area contributed by atoms with Crippen molar-refractivity contribution in [2.24, 2.45) is 0 Å². The molecule has 3 aromatic heterocycles. The molecule has 0 spiro atoms. The van der Waals surface area contributed by atoms with Crippen LogP contribution in [0.25, 0.3) is 93.6 Å². The highest BCUT2D eigenvalue weighted by molar-refractivity contribution is 6.13. The number of benzene rings is 8. The van der Waals surface area contributed by atoms with Crippen LogP contribution >= 0.6 is 0 Å². The van der Waals surface area contributed by atoms with Crippen LogP contribution in [-0.4, -0.2) is 13.7 Å². The van der Waals surface area contributed by atoms with Gasteiger partial charge in [-0.05, 0) is 78.9 Å². The van der Waals surface area contributed by atoms with Crippen molar-refractivity contribution in [3.8, 4) is 40.3 Å². The maximum Gasteiger partial charge on any atom is 0.0998 e. The lowest BCUT2D eigenvalue weighted by Gasteiger charge is -2.16. The Morgan fingerprint density at radius 1 is 0.327 bits per heavy atom. The third kappa shape index (κ3) is 4.45. The van der Waals surface area contributed by atoms with Crippen molar-refractivity contribution in [2.45, 2.75) is 0 Å². The van der Waals surface area contributed by atoms with Crippen molar-refractivity contribution >= 4 is 65.4 Å². The molecule has 0 fully saturated rings. The van der Waals surface area contributed by atoms with E-state index in [9.17, 15) is 10.5 Å². The molecule has 3 heterocycles. The van der Waals surface area contributed by atoms with E-state index in [4.69, 9.17) is 0 Å². The number of nitrogens with zero attached hydrogens (tertiary/aromatic N) is 5. The van der Waals surface area contributed by atoms with E-state index in [-0.39, 0.29) is 0 Å². The molecular formula is C50H29N5. The second-order valence-corrected chi connectivity index (χ2v) is 14.0. The van der Waals surface area contributed by atoms with Gasteiger partial charge in [-0.1, -0.05) is 97.1 Å². The molecule has 0 amide bonds. The molecule has 0 saturated carbocycles. The topological polar surface area (TPSA) is 62.4 Å². The SMILES string of the molecule is N#Cc1ccc2c(c1)c1ccccc1n2-c1ccc(-c2ccccc2-n2c3ccccc3c3cc(-n4c5ccccc5c5ccccc54)ccc32)c(C#N)c1. The average molecular weight is 700 g/mol. The Morgan fingerprint density at radius 3 is 1.40 bits per heavy atom. The normalized spacial score (nSPS) is 11.6. The van der Waals surface area contributed by atoms with E-state index >= 15 is 0 Å². The van der Waals surface area contributed by atoms with E-state index < -0.39 is 0 Å². The van der Waals surface area contributed by atoms with Crippen LogP contribution in [0.4, 0.5) is 0 Å². The Balaban J connectivity index is 1.11. The lowest BCUT2D eigenvalue weighted by Crippen LogP contribution is -2.00. The van der Waals surface area contributed by atoms with Crippen LogP contribution in [0.1, 0.15) is 11.1 Å². The quantitative estimate of drug-likeness (QED) is 0.184. The van der Waals surface area contributed by atoms with Gasteiger partial charge in [0.05, 0.1) is 62.1 Å². The highest BCUT2D eigenvalue weighted by Gasteiger charge is 2.20. The first-order valence-corrected chi connectivity index (χ1v) is 18.3. The zero-order valence-electron chi connectivity index (χ0n) is 29.5. The second-order valence-electron chi connectivity index (χ2n) is 14.0. The average Bonchev–Trinajstić information content (AvgIpc) is 3.88. The largest absolute Gasteiger partial charge is 0.309 e. The van der Waals surface area contributed by atoms with E-state index in [1.54, 1.807) is 0 Å². The standard InChI is InChI=1S/C50H29N5/c51-30-32-21-25-49-42(27-32)40-14-4-8-18-46(40)53(49)34-22-24-36(33(28-34)31-52)37-11-1-9-19-47(37)55-48-20-10-5-15-41(48)43-29-35(23-26-50(43)55)54-44-16-6-2-12-38(44)39-13-3-7-17-45(39)54/h1-29H. The van der Waals surface area contributed by atoms with E-state index in [0.29, 0.717) is 11.1 Å². The van der Waals surface area contributed by atoms with Gasteiger partial charge < -0.3 is 13.7 Å². The van der Waals surface area contributed by atoms with Crippen molar-refractivity contribution in [3.05, 3.63) is 187 Å². The molecule has 11 rings (SSSR count). The third-order valence-corrected chi connectivity index (χ3v) is 11.1. The van der Waals surface area contributed by atoms with Gasteiger partial charge in [-0.15, -0.1) is 0 Å². The van der Waals surface area contributed by atoms with Gasteiger partial charge in [0.2, 0.25) is 0 Å². The Bertz CT molecular complexity index is 3420. The zero-order valence-corrected chi connectivity index (χ0v) is 29.5. The Morgan fingerprint density at radius 2 is 0.782 bits per heavy atom. The van der Waals surface area contributed by atoms with Gasteiger partial charge in [0.25, 0.3) is 0 Å². The monoisotopic (exact) mass is 699 g/mol. The van der Waals surface area contributed by atoms with Gasteiger partial charge >= 0.3 is 0 Å². The summed E-state index contributed by atoms with van der Waals surface area (Å²) in [7, 11) is 0. The lowest BCUT2D eigenvalue weighted by atomic mass is 9.97. The summed E-state index contributed by atoms with van der Waals surface area (Å²) in [5.74, 6) is 0. The third-order valence-electron chi connectivity index (χ3n) is 11.1. The van der Waals surface area contributed by atoms with Crippen LogP contribution in [0.15, 0.2) is 176 Å². The Kier molecular flexibility index (Phi) is 6.61. The molecule has 0 N–H and O–H groups in total. The predicted octanol–water partition coefficient (Wildman–Crippen LogP) is 12.4. The molecular weight excluding hydrogens is 671 g/mol. The minimum absolute atomic E-state index is 0.582. The smallest absolute Gasteiger partial charge is 0.0998 e. The fourth-order valence-corrected chi connectivity index (χ4v) is 8.78. The first-order valence-electron chi connectivity index (χ1n) is 18.3. The first-order chi connectivity index (χ1) is 27.2. The number of rotatable bonds is 4. The van der Waals surface area contributed by atoms with Crippen molar-refractivity contribution in [1.29, 1.82) is 10.5 Å². The van der Waals surface area contributed by atoms with Crippen molar-refractivity contribution in [2.75, 3.05) is 0 Å². The zero-order chi connectivity index (χ0) is 36.6. The van der Waals surface area contributed by atoms with Crippen LogP contribution in [0.5, 0.6) is 0 Å². The molecule has 0 aliphatic heterocycles. The number of fused-ring (bicyclic) bond motifs is 9. The van der Waals surface area contributed by atoms with Crippen LogP contribution in [0, 0.1) is 22.7 Å².